The van der Waals surface area contributed by atoms with Crippen molar-refractivity contribution in [3.8, 4) is 11.4 Å². The van der Waals surface area contributed by atoms with Crippen LogP contribution < -0.4 is 10.6 Å². The van der Waals surface area contributed by atoms with E-state index in [9.17, 15) is 4.79 Å². The highest BCUT2D eigenvalue weighted by molar-refractivity contribution is 5.89. The quantitative estimate of drug-likeness (QED) is 0.519. The Morgan fingerprint density at radius 1 is 1.00 bits per heavy atom. The van der Waals surface area contributed by atoms with Gasteiger partial charge in [0.1, 0.15) is 11.6 Å². The maximum atomic E-state index is 11.8. The lowest BCUT2D eigenvalue weighted by atomic mass is 10.2. The van der Waals surface area contributed by atoms with Crippen LogP contribution in [0.3, 0.4) is 0 Å². The molecule has 2 aromatic carbocycles. The second-order valence-corrected chi connectivity index (χ2v) is 7.03. The third-order valence-electron chi connectivity index (χ3n) is 4.12. The minimum atomic E-state index is -0.326. The molecule has 0 amide bonds. The van der Waals surface area contributed by atoms with Crippen LogP contribution in [0.25, 0.3) is 11.4 Å². The van der Waals surface area contributed by atoms with Gasteiger partial charge in [0.15, 0.2) is 5.82 Å². The van der Waals surface area contributed by atoms with Gasteiger partial charge in [-0.2, -0.15) is 0 Å². The predicted octanol–water partition coefficient (Wildman–Crippen LogP) is 5.13. The summed E-state index contributed by atoms with van der Waals surface area (Å²) >= 11 is 0. The molecule has 0 saturated carbocycles. The van der Waals surface area contributed by atoms with Crippen molar-refractivity contribution in [1.29, 1.82) is 0 Å². The Bertz CT molecular complexity index is 941. The third-order valence-corrected chi connectivity index (χ3v) is 4.12. The number of rotatable bonds is 8. The Labute approximate surface area is 171 Å². The number of ether oxygens (including phenoxy) is 1. The Morgan fingerprint density at radius 2 is 1.69 bits per heavy atom. The molecule has 29 heavy (non-hydrogen) atoms. The first-order valence-electron chi connectivity index (χ1n) is 9.77. The molecule has 0 atom stereocenters. The number of hydrogen-bond donors (Lipinski definition) is 2. The Kier molecular flexibility index (Phi) is 6.79. The normalized spacial score (nSPS) is 10.6. The van der Waals surface area contributed by atoms with E-state index in [1.807, 2.05) is 48.5 Å². The minimum absolute atomic E-state index is 0.326. The van der Waals surface area contributed by atoms with Crippen LogP contribution >= 0.6 is 0 Å². The molecule has 1 heterocycles. The number of nitrogens with zero attached hydrogens (tertiary/aromatic N) is 2. The molecule has 0 fully saturated rings. The molecule has 0 aliphatic carbocycles. The smallest absolute Gasteiger partial charge is 0.338 e. The van der Waals surface area contributed by atoms with Crippen molar-refractivity contribution >= 4 is 23.3 Å². The van der Waals surface area contributed by atoms with Gasteiger partial charge in [-0.3, -0.25) is 0 Å². The number of hydrogen-bond acceptors (Lipinski definition) is 6. The molecule has 2 N–H and O–H groups in total. The average molecular weight is 390 g/mol. The lowest BCUT2D eigenvalue weighted by molar-refractivity contribution is 0.0526. The maximum absolute atomic E-state index is 11.8. The number of anilines is 3. The molecule has 3 rings (SSSR count). The largest absolute Gasteiger partial charge is 0.462 e. The van der Waals surface area contributed by atoms with E-state index in [-0.39, 0.29) is 5.97 Å². The summed E-state index contributed by atoms with van der Waals surface area (Å²) in [5.41, 5.74) is 2.29. The van der Waals surface area contributed by atoms with Crippen molar-refractivity contribution in [2.24, 2.45) is 5.92 Å². The summed E-state index contributed by atoms with van der Waals surface area (Å²) in [4.78, 5) is 21.1. The van der Waals surface area contributed by atoms with Crippen molar-refractivity contribution in [1.82, 2.24) is 9.97 Å². The van der Waals surface area contributed by atoms with Crippen LogP contribution in [0.4, 0.5) is 17.3 Å². The second kappa shape index (κ2) is 9.68. The predicted molar refractivity (Wildman–Crippen MR) is 116 cm³/mol. The standard InChI is InChI=1S/C23H26N4O2/c1-4-29-23(28)18-10-12-19(13-11-18)25-21-14-20(24-15-16(2)3)26-22(27-21)17-8-6-5-7-9-17/h5-14,16H,4,15H2,1-3H3,(H2,24,25,26,27). The van der Waals surface area contributed by atoms with Crippen LogP contribution in [0, 0.1) is 5.92 Å². The molecule has 0 spiro atoms. The van der Waals surface area contributed by atoms with Gasteiger partial charge in [0.25, 0.3) is 0 Å². The molecule has 0 aliphatic rings. The van der Waals surface area contributed by atoms with Crippen molar-refractivity contribution in [3.05, 3.63) is 66.2 Å². The topological polar surface area (TPSA) is 76.1 Å². The van der Waals surface area contributed by atoms with E-state index >= 15 is 0 Å². The van der Waals surface area contributed by atoms with Crippen LogP contribution in [0.5, 0.6) is 0 Å². The van der Waals surface area contributed by atoms with Crippen molar-refractivity contribution in [2.75, 3.05) is 23.8 Å². The first kappa shape index (κ1) is 20.3. The van der Waals surface area contributed by atoms with Crippen molar-refractivity contribution < 1.29 is 9.53 Å². The highest BCUT2D eigenvalue weighted by Crippen LogP contribution is 2.23. The number of benzene rings is 2. The number of nitrogens with one attached hydrogen (secondary N) is 2. The molecule has 0 saturated heterocycles. The summed E-state index contributed by atoms with van der Waals surface area (Å²) in [6, 6.07) is 18.9. The third kappa shape index (κ3) is 5.78. The fourth-order valence-corrected chi connectivity index (χ4v) is 2.68. The van der Waals surface area contributed by atoms with E-state index in [1.165, 1.54) is 0 Å². The number of esters is 1. The summed E-state index contributed by atoms with van der Waals surface area (Å²) in [7, 11) is 0. The maximum Gasteiger partial charge on any atom is 0.338 e. The highest BCUT2D eigenvalue weighted by atomic mass is 16.5. The molecule has 0 aliphatic heterocycles. The highest BCUT2D eigenvalue weighted by Gasteiger charge is 2.09. The van der Waals surface area contributed by atoms with Gasteiger partial charge >= 0.3 is 5.97 Å². The van der Waals surface area contributed by atoms with Gasteiger partial charge in [-0.05, 0) is 37.1 Å². The van der Waals surface area contributed by atoms with Gasteiger partial charge in [-0.15, -0.1) is 0 Å². The fourth-order valence-electron chi connectivity index (χ4n) is 2.68. The van der Waals surface area contributed by atoms with Gasteiger partial charge in [-0.1, -0.05) is 44.2 Å². The van der Waals surface area contributed by atoms with E-state index in [2.05, 4.69) is 34.4 Å². The molecule has 150 valence electrons. The summed E-state index contributed by atoms with van der Waals surface area (Å²) in [6.45, 7) is 7.26. The van der Waals surface area contributed by atoms with Crippen LogP contribution in [-0.2, 0) is 4.74 Å². The molecule has 6 nitrogen and oxygen atoms in total. The zero-order valence-corrected chi connectivity index (χ0v) is 17.0. The van der Waals surface area contributed by atoms with Gasteiger partial charge in [0.05, 0.1) is 12.2 Å². The summed E-state index contributed by atoms with van der Waals surface area (Å²) in [6.07, 6.45) is 0. The van der Waals surface area contributed by atoms with Crippen LogP contribution in [0.15, 0.2) is 60.7 Å². The molecular weight excluding hydrogens is 364 g/mol. The summed E-state index contributed by atoms with van der Waals surface area (Å²) in [5.74, 6) is 2.25. The fraction of sp³-hybridized carbons (Fsp3) is 0.261. The lowest BCUT2D eigenvalue weighted by Crippen LogP contribution is -2.10. The Morgan fingerprint density at radius 3 is 2.34 bits per heavy atom. The molecule has 0 radical (unpaired) electrons. The van der Waals surface area contributed by atoms with Crippen LogP contribution in [0.1, 0.15) is 31.1 Å². The zero-order chi connectivity index (χ0) is 20.6. The van der Waals surface area contributed by atoms with Crippen LogP contribution in [0.2, 0.25) is 0 Å². The zero-order valence-electron chi connectivity index (χ0n) is 17.0. The van der Waals surface area contributed by atoms with Crippen molar-refractivity contribution in [2.45, 2.75) is 20.8 Å². The minimum Gasteiger partial charge on any atom is -0.462 e. The monoisotopic (exact) mass is 390 g/mol. The van der Waals surface area contributed by atoms with Gasteiger partial charge in [0.2, 0.25) is 0 Å². The molecule has 0 unspecified atom stereocenters. The first-order valence-corrected chi connectivity index (χ1v) is 9.77. The average Bonchev–Trinajstić information content (AvgIpc) is 2.73. The van der Waals surface area contributed by atoms with Gasteiger partial charge < -0.3 is 15.4 Å². The summed E-state index contributed by atoms with van der Waals surface area (Å²) in [5, 5.41) is 6.66. The van der Waals surface area contributed by atoms with Gasteiger partial charge in [0, 0.05) is 23.9 Å². The Balaban J connectivity index is 1.85. The van der Waals surface area contributed by atoms with E-state index in [0.29, 0.717) is 29.7 Å². The number of carbonyl (C=O) groups excluding carboxylic acids is 1. The molecule has 1 aromatic heterocycles. The molecule has 3 aromatic rings. The second-order valence-electron chi connectivity index (χ2n) is 7.03. The molecule has 6 heteroatoms. The molecule has 0 bridgehead atoms. The lowest BCUT2D eigenvalue weighted by Gasteiger charge is -2.13. The Hall–Kier alpha value is -3.41. The SMILES string of the molecule is CCOC(=O)c1ccc(Nc2cc(NCC(C)C)nc(-c3ccccc3)n2)cc1. The van der Waals surface area contributed by atoms with E-state index < -0.39 is 0 Å². The number of carbonyl (C=O) groups is 1. The number of aromatic nitrogens is 2. The van der Waals surface area contributed by atoms with E-state index in [1.54, 1.807) is 19.1 Å². The van der Waals surface area contributed by atoms with Gasteiger partial charge in [-0.25, -0.2) is 14.8 Å². The van der Waals surface area contributed by atoms with E-state index in [4.69, 9.17) is 4.74 Å². The van der Waals surface area contributed by atoms with Crippen LogP contribution in [-0.4, -0.2) is 29.1 Å². The van der Waals surface area contributed by atoms with E-state index in [0.717, 1.165) is 23.6 Å². The first-order chi connectivity index (χ1) is 14.0. The van der Waals surface area contributed by atoms with Crippen molar-refractivity contribution in [3.63, 3.8) is 0 Å². The molecular formula is C23H26N4O2. The summed E-state index contributed by atoms with van der Waals surface area (Å²) < 4.78 is 5.02.